The molecule has 2 aliphatic rings. The number of piperidine rings is 1. The zero-order valence-corrected chi connectivity index (χ0v) is 13.8. The topological polar surface area (TPSA) is 46.3 Å². The molecule has 0 saturated carbocycles. The third-order valence-corrected chi connectivity index (χ3v) is 5.58. The van der Waals surface area contributed by atoms with Crippen LogP contribution in [0.25, 0.3) is 0 Å². The van der Waals surface area contributed by atoms with E-state index >= 15 is 0 Å². The average molecular weight is 300 g/mol. The number of rotatable bonds is 2. The van der Waals surface area contributed by atoms with Crippen molar-refractivity contribution >= 4 is 5.91 Å². The second-order valence-electron chi connectivity index (χ2n) is 7.69. The van der Waals surface area contributed by atoms with Crippen LogP contribution in [0.1, 0.15) is 56.6 Å². The fourth-order valence-corrected chi connectivity index (χ4v) is 3.99. The number of hydrogen-bond donors (Lipinski definition) is 1. The Hall–Kier alpha value is -1.35. The molecule has 1 aromatic carbocycles. The predicted octanol–water partition coefficient (Wildman–Crippen LogP) is 3.08. The summed E-state index contributed by atoms with van der Waals surface area (Å²) in [6.45, 7) is 5.96. The smallest absolute Gasteiger partial charge is 0.223 e. The van der Waals surface area contributed by atoms with Crippen molar-refractivity contribution in [1.82, 2.24) is 4.90 Å². The normalized spacial score (nSPS) is 27.3. The van der Waals surface area contributed by atoms with Gasteiger partial charge < -0.3 is 10.6 Å². The van der Waals surface area contributed by atoms with Gasteiger partial charge in [-0.3, -0.25) is 4.79 Å². The molecule has 2 atom stereocenters. The first-order valence-corrected chi connectivity index (χ1v) is 8.58. The summed E-state index contributed by atoms with van der Waals surface area (Å²) >= 11 is 0. The van der Waals surface area contributed by atoms with Crippen molar-refractivity contribution in [3.63, 3.8) is 0 Å². The van der Waals surface area contributed by atoms with E-state index in [0.717, 1.165) is 32.4 Å². The summed E-state index contributed by atoms with van der Waals surface area (Å²) in [6, 6.07) is 8.84. The van der Waals surface area contributed by atoms with E-state index in [1.807, 2.05) is 4.90 Å². The van der Waals surface area contributed by atoms with E-state index in [-0.39, 0.29) is 11.5 Å². The number of carbonyl (C=O) groups is 1. The lowest BCUT2D eigenvalue weighted by Crippen LogP contribution is -2.54. The van der Waals surface area contributed by atoms with E-state index in [4.69, 9.17) is 5.73 Å². The van der Waals surface area contributed by atoms with Gasteiger partial charge in [0.15, 0.2) is 0 Å². The third kappa shape index (κ3) is 3.05. The summed E-state index contributed by atoms with van der Waals surface area (Å²) in [5.74, 6) is 0.706. The van der Waals surface area contributed by atoms with Crippen LogP contribution in [-0.4, -0.2) is 29.9 Å². The number of benzene rings is 1. The second-order valence-corrected chi connectivity index (χ2v) is 7.69. The molecule has 1 saturated heterocycles. The Balaban J connectivity index is 1.68. The molecule has 1 aliphatic heterocycles. The van der Waals surface area contributed by atoms with Crippen LogP contribution in [-0.2, 0) is 11.2 Å². The quantitative estimate of drug-likeness (QED) is 0.912. The Bertz CT molecular complexity index is 552. The van der Waals surface area contributed by atoms with Gasteiger partial charge in [-0.15, -0.1) is 0 Å². The lowest BCUT2D eigenvalue weighted by molar-refractivity contribution is -0.135. The molecular weight excluding hydrogens is 272 g/mol. The van der Waals surface area contributed by atoms with Crippen molar-refractivity contribution in [2.24, 2.45) is 11.1 Å². The van der Waals surface area contributed by atoms with E-state index in [1.54, 1.807) is 0 Å². The van der Waals surface area contributed by atoms with E-state index < -0.39 is 0 Å². The average Bonchev–Trinajstić information content (AvgIpc) is 2.50. The van der Waals surface area contributed by atoms with Gasteiger partial charge in [-0.1, -0.05) is 38.1 Å². The molecule has 0 aromatic heterocycles. The number of nitrogens with two attached hydrogens (primary N) is 1. The molecule has 2 N–H and O–H groups in total. The molecule has 3 heteroatoms. The van der Waals surface area contributed by atoms with Crippen LogP contribution in [0.4, 0.5) is 0 Å². The Morgan fingerprint density at radius 1 is 1.32 bits per heavy atom. The Morgan fingerprint density at radius 2 is 2.09 bits per heavy atom. The molecule has 3 nitrogen and oxygen atoms in total. The first-order valence-electron chi connectivity index (χ1n) is 8.58. The fourth-order valence-electron chi connectivity index (χ4n) is 3.99. The number of nitrogens with zero attached hydrogens (tertiary/aromatic N) is 1. The van der Waals surface area contributed by atoms with Crippen LogP contribution in [0.15, 0.2) is 24.3 Å². The molecule has 0 spiro atoms. The highest BCUT2D eigenvalue weighted by Crippen LogP contribution is 2.35. The summed E-state index contributed by atoms with van der Waals surface area (Å²) in [7, 11) is 0. The van der Waals surface area contributed by atoms with Crippen molar-refractivity contribution in [2.45, 2.75) is 57.9 Å². The highest BCUT2D eigenvalue weighted by atomic mass is 16.2. The largest absolute Gasteiger partial charge is 0.342 e. The van der Waals surface area contributed by atoms with Crippen LogP contribution in [0.3, 0.4) is 0 Å². The molecule has 22 heavy (non-hydrogen) atoms. The van der Waals surface area contributed by atoms with Gasteiger partial charge in [0.2, 0.25) is 5.91 Å². The number of hydrogen-bond acceptors (Lipinski definition) is 2. The predicted molar refractivity (Wildman–Crippen MR) is 89.7 cm³/mol. The zero-order chi connectivity index (χ0) is 15.7. The number of amides is 1. The van der Waals surface area contributed by atoms with E-state index in [1.165, 1.54) is 17.5 Å². The Morgan fingerprint density at radius 3 is 2.86 bits per heavy atom. The first kappa shape index (κ1) is 15.5. The first-order chi connectivity index (χ1) is 10.5. The standard InChI is InChI=1S/C19H28N2O/c1-19(2)13-21(11-10-17(19)20)18(22)12-15-8-5-7-14-6-3-4-9-16(14)15/h3-4,6,9,15,17H,5,7-8,10-13,20H2,1-2H3. The van der Waals surface area contributed by atoms with Crippen molar-refractivity contribution in [1.29, 1.82) is 0 Å². The van der Waals surface area contributed by atoms with Crippen molar-refractivity contribution in [3.8, 4) is 0 Å². The SMILES string of the molecule is CC1(C)CN(C(=O)CC2CCCc3ccccc32)CCC1N. The van der Waals surface area contributed by atoms with Crippen LogP contribution in [0, 0.1) is 5.41 Å². The molecule has 1 heterocycles. The van der Waals surface area contributed by atoms with Gasteiger partial charge in [-0.25, -0.2) is 0 Å². The number of fused-ring (bicyclic) bond motifs is 1. The highest BCUT2D eigenvalue weighted by molar-refractivity contribution is 5.77. The Labute approximate surface area is 133 Å². The molecule has 1 fully saturated rings. The van der Waals surface area contributed by atoms with Crippen LogP contribution < -0.4 is 5.73 Å². The van der Waals surface area contributed by atoms with Gasteiger partial charge in [0, 0.05) is 25.6 Å². The minimum absolute atomic E-state index is 0.0262. The molecule has 3 rings (SSSR count). The van der Waals surface area contributed by atoms with E-state index in [0.29, 0.717) is 18.2 Å². The van der Waals surface area contributed by atoms with Gasteiger partial charge in [0.1, 0.15) is 0 Å². The van der Waals surface area contributed by atoms with E-state index in [9.17, 15) is 4.79 Å². The van der Waals surface area contributed by atoms with Gasteiger partial charge in [-0.05, 0) is 48.1 Å². The summed E-state index contributed by atoms with van der Waals surface area (Å²) in [6.07, 6.45) is 5.07. The summed E-state index contributed by atoms with van der Waals surface area (Å²) < 4.78 is 0. The monoisotopic (exact) mass is 300 g/mol. The van der Waals surface area contributed by atoms with Crippen LogP contribution in [0.2, 0.25) is 0 Å². The lowest BCUT2D eigenvalue weighted by atomic mass is 9.78. The van der Waals surface area contributed by atoms with Gasteiger partial charge in [0.25, 0.3) is 0 Å². The molecule has 120 valence electrons. The summed E-state index contributed by atoms with van der Waals surface area (Å²) in [5, 5.41) is 0. The molecule has 2 unspecified atom stereocenters. The maximum atomic E-state index is 12.8. The minimum atomic E-state index is 0.0262. The summed E-state index contributed by atoms with van der Waals surface area (Å²) in [4.78, 5) is 14.8. The molecule has 0 radical (unpaired) electrons. The molecular formula is C19H28N2O. The molecule has 1 aromatic rings. The van der Waals surface area contributed by atoms with Gasteiger partial charge in [-0.2, -0.15) is 0 Å². The molecule has 1 amide bonds. The van der Waals surface area contributed by atoms with Gasteiger partial charge in [0.05, 0.1) is 0 Å². The minimum Gasteiger partial charge on any atom is -0.342 e. The van der Waals surface area contributed by atoms with Crippen molar-refractivity contribution in [2.75, 3.05) is 13.1 Å². The van der Waals surface area contributed by atoms with Gasteiger partial charge >= 0.3 is 0 Å². The van der Waals surface area contributed by atoms with Crippen molar-refractivity contribution in [3.05, 3.63) is 35.4 Å². The Kier molecular flexibility index (Phi) is 4.26. The maximum Gasteiger partial charge on any atom is 0.223 e. The summed E-state index contributed by atoms with van der Waals surface area (Å²) in [5.41, 5.74) is 9.05. The zero-order valence-electron chi connectivity index (χ0n) is 13.8. The number of carbonyl (C=O) groups excluding carboxylic acids is 1. The maximum absolute atomic E-state index is 12.8. The fraction of sp³-hybridized carbons (Fsp3) is 0.632. The molecule has 0 bridgehead atoms. The number of likely N-dealkylation sites (tertiary alicyclic amines) is 1. The highest BCUT2D eigenvalue weighted by Gasteiger charge is 2.36. The van der Waals surface area contributed by atoms with E-state index in [2.05, 4.69) is 38.1 Å². The molecule has 1 aliphatic carbocycles. The van der Waals surface area contributed by atoms with Crippen LogP contribution >= 0.6 is 0 Å². The van der Waals surface area contributed by atoms with Crippen molar-refractivity contribution < 1.29 is 4.79 Å². The third-order valence-electron chi connectivity index (χ3n) is 5.58. The number of aryl methyl sites for hydroxylation is 1. The lowest BCUT2D eigenvalue weighted by Gasteiger charge is -2.43. The van der Waals surface area contributed by atoms with Crippen LogP contribution in [0.5, 0.6) is 0 Å². The second kappa shape index (κ2) is 6.04.